The molecule has 7 heteroatoms. The molecule has 0 saturated heterocycles. The van der Waals surface area contributed by atoms with Gasteiger partial charge in [-0.05, 0) is 12.0 Å². The van der Waals surface area contributed by atoms with Crippen LogP contribution in [0.25, 0.3) is 0 Å². The number of nitrogens with one attached hydrogen (secondary N) is 1. The van der Waals surface area contributed by atoms with E-state index in [1.165, 1.54) is 26.4 Å². The lowest BCUT2D eigenvalue weighted by Crippen LogP contribution is -2.28. The molecule has 6 nitrogen and oxygen atoms in total. The molecule has 0 saturated carbocycles. The molecular weight excluding hydrogens is 268 g/mol. The Labute approximate surface area is 113 Å². The van der Waals surface area contributed by atoms with Gasteiger partial charge >= 0.3 is 0 Å². The average molecular weight is 288 g/mol. The van der Waals surface area contributed by atoms with Gasteiger partial charge in [-0.25, -0.2) is 13.1 Å². The van der Waals surface area contributed by atoms with Gasteiger partial charge in [0.15, 0.2) is 0 Å². The molecular formula is C12H20N2O4S. The van der Waals surface area contributed by atoms with Crippen LogP contribution in [-0.2, 0) is 10.0 Å². The summed E-state index contributed by atoms with van der Waals surface area (Å²) in [5, 5.41) is 0. The fourth-order valence-corrected chi connectivity index (χ4v) is 2.85. The van der Waals surface area contributed by atoms with Gasteiger partial charge in [0.2, 0.25) is 10.0 Å². The maximum atomic E-state index is 12.2. The molecule has 0 bridgehead atoms. The summed E-state index contributed by atoms with van der Waals surface area (Å²) in [7, 11) is -0.806. The van der Waals surface area contributed by atoms with Crippen molar-refractivity contribution in [2.24, 2.45) is 5.92 Å². The normalized spacial score (nSPS) is 11.6. The Kier molecular flexibility index (Phi) is 5.02. The van der Waals surface area contributed by atoms with Crippen LogP contribution in [0.1, 0.15) is 13.8 Å². The quantitative estimate of drug-likeness (QED) is 0.768. The minimum Gasteiger partial charge on any atom is -0.495 e. The van der Waals surface area contributed by atoms with E-state index in [9.17, 15) is 8.42 Å². The van der Waals surface area contributed by atoms with Crippen molar-refractivity contribution < 1.29 is 17.9 Å². The Balaban J connectivity index is 3.22. The summed E-state index contributed by atoms with van der Waals surface area (Å²) in [6, 6.07) is 2.79. The van der Waals surface area contributed by atoms with Gasteiger partial charge in [0.25, 0.3) is 0 Å². The van der Waals surface area contributed by atoms with E-state index in [-0.39, 0.29) is 22.3 Å². The van der Waals surface area contributed by atoms with Crippen LogP contribution in [0.15, 0.2) is 17.0 Å². The molecule has 0 atom stereocenters. The van der Waals surface area contributed by atoms with Gasteiger partial charge in [0.05, 0.1) is 19.9 Å². The summed E-state index contributed by atoms with van der Waals surface area (Å²) in [4.78, 5) is 0.00829. The van der Waals surface area contributed by atoms with E-state index in [2.05, 4.69) is 4.72 Å². The summed E-state index contributed by atoms with van der Waals surface area (Å²) in [6.45, 7) is 4.18. The maximum Gasteiger partial charge on any atom is 0.244 e. The molecule has 1 aromatic carbocycles. The molecule has 0 aliphatic carbocycles. The molecule has 0 aliphatic heterocycles. The number of rotatable bonds is 6. The van der Waals surface area contributed by atoms with E-state index < -0.39 is 10.0 Å². The lowest BCUT2D eigenvalue weighted by molar-refractivity contribution is 0.387. The predicted molar refractivity (Wildman–Crippen MR) is 74.0 cm³/mol. The van der Waals surface area contributed by atoms with Crippen molar-refractivity contribution in [1.82, 2.24) is 4.72 Å². The number of nitrogen functional groups attached to an aromatic ring is 1. The van der Waals surface area contributed by atoms with Gasteiger partial charge < -0.3 is 15.2 Å². The van der Waals surface area contributed by atoms with Crippen molar-refractivity contribution in [2.75, 3.05) is 26.5 Å². The zero-order valence-corrected chi connectivity index (χ0v) is 12.4. The molecule has 0 amide bonds. The van der Waals surface area contributed by atoms with E-state index >= 15 is 0 Å². The van der Waals surface area contributed by atoms with Crippen LogP contribution in [0, 0.1) is 5.92 Å². The SMILES string of the molecule is COc1cc(OC)c(S(=O)(=O)NCC(C)C)cc1N. The smallest absolute Gasteiger partial charge is 0.244 e. The zero-order valence-electron chi connectivity index (χ0n) is 11.6. The van der Waals surface area contributed by atoms with Crippen molar-refractivity contribution in [3.63, 3.8) is 0 Å². The van der Waals surface area contributed by atoms with Gasteiger partial charge in [-0.3, -0.25) is 0 Å². The monoisotopic (exact) mass is 288 g/mol. The van der Waals surface area contributed by atoms with Gasteiger partial charge in [-0.15, -0.1) is 0 Å². The highest BCUT2D eigenvalue weighted by molar-refractivity contribution is 7.89. The summed E-state index contributed by atoms with van der Waals surface area (Å²) < 4.78 is 37.0. The molecule has 108 valence electrons. The number of ether oxygens (including phenoxy) is 2. The maximum absolute atomic E-state index is 12.2. The fraction of sp³-hybridized carbons (Fsp3) is 0.500. The lowest BCUT2D eigenvalue weighted by Gasteiger charge is -2.14. The first kappa shape index (κ1) is 15.6. The predicted octanol–water partition coefficient (Wildman–Crippen LogP) is 1.22. The lowest BCUT2D eigenvalue weighted by atomic mass is 10.2. The number of hydrogen-bond donors (Lipinski definition) is 2. The van der Waals surface area contributed by atoms with Gasteiger partial charge in [0, 0.05) is 12.6 Å². The molecule has 0 aromatic heterocycles. The standard InChI is InChI=1S/C12H20N2O4S/c1-8(2)7-14-19(15,16)12-5-9(13)10(17-3)6-11(12)18-4/h5-6,8,14H,7,13H2,1-4H3. The fourth-order valence-electron chi connectivity index (χ4n) is 1.46. The first-order valence-corrected chi connectivity index (χ1v) is 7.31. The highest BCUT2D eigenvalue weighted by Crippen LogP contribution is 2.33. The number of nitrogens with two attached hydrogens (primary N) is 1. The van der Waals surface area contributed by atoms with Crippen LogP contribution in [0.4, 0.5) is 5.69 Å². The van der Waals surface area contributed by atoms with Crippen LogP contribution in [0.5, 0.6) is 11.5 Å². The van der Waals surface area contributed by atoms with E-state index in [0.717, 1.165) is 0 Å². The van der Waals surface area contributed by atoms with Crippen molar-refractivity contribution >= 4 is 15.7 Å². The van der Waals surface area contributed by atoms with Crippen molar-refractivity contribution in [1.29, 1.82) is 0 Å². The molecule has 0 unspecified atom stereocenters. The summed E-state index contributed by atoms with van der Waals surface area (Å²) in [5.41, 5.74) is 5.98. The third-order valence-electron chi connectivity index (χ3n) is 2.49. The van der Waals surface area contributed by atoms with E-state index in [1.807, 2.05) is 13.8 Å². The Bertz CT molecular complexity index is 541. The van der Waals surface area contributed by atoms with E-state index in [4.69, 9.17) is 15.2 Å². The molecule has 0 radical (unpaired) electrons. The third-order valence-corrected chi connectivity index (χ3v) is 3.93. The second-order valence-corrected chi connectivity index (χ2v) is 6.23. The van der Waals surface area contributed by atoms with Crippen molar-refractivity contribution in [2.45, 2.75) is 18.7 Å². The Morgan fingerprint density at radius 2 is 1.79 bits per heavy atom. The highest BCUT2D eigenvalue weighted by atomic mass is 32.2. The molecule has 3 N–H and O–H groups in total. The Hall–Kier alpha value is -1.47. The van der Waals surface area contributed by atoms with Gasteiger partial charge in [-0.1, -0.05) is 13.8 Å². The summed E-state index contributed by atoms with van der Waals surface area (Å²) in [5.74, 6) is 0.776. The zero-order chi connectivity index (χ0) is 14.6. The Morgan fingerprint density at radius 1 is 1.21 bits per heavy atom. The van der Waals surface area contributed by atoms with Gasteiger partial charge in [-0.2, -0.15) is 0 Å². The van der Waals surface area contributed by atoms with Crippen LogP contribution < -0.4 is 19.9 Å². The molecule has 19 heavy (non-hydrogen) atoms. The summed E-state index contributed by atoms with van der Waals surface area (Å²) >= 11 is 0. The number of sulfonamides is 1. The molecule has 1 rings (SSSR count). The second-order valence-electron chi connectivity index (χ2n) is 4.49. The molecule has 0 fully saturated rings. The van der Waals surface area contributed by atoms with Crippen LogP contribution in [-0.4, -0.2) is 29.2 Å². The molecule has 0 spiro atoms. The van der Waals surface area contributed by atoms with Crippen LogP contribution in [0.3, 0.4) is 0 Å². The molecule has 1 aromatic rings. The highest BCUT2D eigenvalue weighted by Gasteiger charge is 2.21. The second kappa shape index (κ2) is 6.12. The van der Waals surface area contributed by atoms with Crippen LogP contribution in [0.2, 0.25) is 0 Å². The van der Waals surface area contributed by atoms with E-state index in [0.29, 0.717) is 12.3 Å². The first-order valence-electron chi connectivity index (χ1n) is 5.83. The van der Waals surface area contributed by atoms with Crippen molar-refractivity contribution in [3.05, 3.63) is 12.1 Å². The number of hydrogen-bond acceptors (Lipinski definition) is 5. The van der Waals surface area contributed by atoms with Crippen molar-refractivity contribution in [3.8, 4) is 11.5 Å². The third kappa shape index (κ3) is 3.74. The first-order chi connectivity index (χ1) is 8.81. The average Bonchev–Trinajstić information content (AvgIpc) is 2.36. The van der Waals surface area contributed by atoms with Crippen LogP contribution >= 0.6 is 0 Å². The largest absolute Gasteiger partial charge is 0.495 e. The summed E-state index contributed by atoms with van der Waals surface area (Å²) in [6.07, 6.45) is 0. The molecule has 0 heterocycles. The van der Waals surface area contributed by atoms with E-state index in [1.54, 1.807) is 0 Å². The number of benzene rings is 1. The minimum atomic E-state index is -3.66. The minimum absolute atomic E-state index is 0.00829. The Morgan fingerprint density at radius 3 is 2.26 bits per heavy atom. The molecule has 0 aliphatic rings. The topological polar surface area (TPSA) is 90.6 Å². The van der Waals surface area contributed by atoms with Gasteiger partial charge in [0.1, 0.15) is 16.4 Å². The number of methoxy groups -OCH3 is 2. The number of anilines is 1.